The summed E-state index contributed by atoms with van der Waals surface area (Å²) in [6, 6.07) is -0.772. The number of rotatable bonds is 3. The first-order chi connectivity index (χ1) is 8.59. The smallest absolute Gasteiger partial charge is 0.408 e. The maximum absolute atomic E-state index is 11.8. The van der Waals surface area contributed by atoms with Crippen LogP contribution in [-0.4, -0.2) is 34.6 Å². The Bertz CT molecular complexity index is 398. The zero-order valence-corrected chi connectivity index (χ0v) is 11.8. The molecule has 0 aromatic rings. The predicted octanol–water partition coefficient (Wildman–Crippen LogP) is 1.72. The van der Waals surface area contributed by atoms with E-state index >= 15 is 0 Å². The molecule has 6 heteroatoms. The molecule has 19 heavy (non-hydrogen) atoms. The van der Waals surface area contributed by atoms with E-state index in [1.165, 1.54) is 0 Å². The number of ketones is 1. The third kappa shape index (κ3) is 3.68. The van der Waals surface area contributed by atoms with Crippen molar-refractivity contribution >= 4 is 17.8 Å². The summed E-state index contributed by atoms with van der Waals surface area (Å²) in [6.45, 7) is 6.89. The van der Waals surface area contributed by atoms with Crippen LogP contribution < -0.4 is 5.32 Å². The van der Waals surface area contributed by atoms with Gasteiger partial charge in [-0.05, 0) is 33.6 Å². The highest BCUT2D eigenvalue weighted by Gasteiger charge is 2.49. The van der Waals surface area contributed by atoms with Gasteiger partial charge in [0.25, 0.3) is 0 Å². The maximum Gasteiger partial charge on any atom is 0.408 e. The number of carbonyl (C=O) groups excluding carboxylic acids is 2. The molecule has 1 saturated carbocycles. The van der Waals surface area contributed by atoms with E-state index in [4.69, 9.17) is 4.74 Å². The fourth-order valence-corrected chi connectivity index (χ4v) is 2.20. The topological polar surface area (TPSA) is 92.7 Å². The average Bonchev–Trinajstić information content (AvgIpc) is 2.54. The predicted molar refractivity (Wildman–Crippen MR) is 67.8 cm³/mol. The van der Waals surface area contributed by atoms with Gasteiger partial charge in [0.1, 0.15) is 5.60 Å². The molecule has 0 bridgehead atoms. The lowest BCUT2D eigenvalue weighted by atomic mass is 9.83. The van der Waals surface area contributed by atoms with Crippen LogP contribution in [0.3, 0.4) is 0 Å². The molecule has 1 rings (SSSR count). The molecule has 2 N–H and O–H groups in total. The van der Waals surface area contributed by atoms with Crippen LogP contribution in [-0.2, 0) is 14.3 Å². The third-order valence-electron chi connectivity index (χ3n) is 3.32. The lowest BCUT2D eigenvalue weighted by Crippen LogP contribution is -2.41. The number of amides is 1. The number of aliphatic carboxylic acids is 1. The molecule has 0 aromatic heterocycles. The summed E-state index contributed by atoms with van der Waals surface area (Å²) in [6.07, 6.45) is -0.250. The largest absolute Gasteiger partial charge is 0.481 e. The van der Waals surface area contributed by atoms with E-state index < -0.39 is 29.1 Å². The van der Waals surface area contributed by atoms with Gasteiger partial charge in [-0.3, -0.25) is 9.59 Å². The number of hydrogen-bond donors (Lipinski definition) is 2. The van der Waals surface area contributed by atoms with Crippen molar-refractivity contribution in [1.29, 1.82) is 0 Å². The molecule has 108 valence electrons. The van der Waals surface area contributed by atoms with Gasteiger partial charge >= 0.3 is 12.1 Å². The van der Waals surface area contributed by atoms with Crippen LogP contribution in [0.25, 0.3) is 0 Å². The minimum absolute atomic E-state index is 0.0424. The van der Waals surface area contributed by atoms with Crippen LogP contribution in [0, 0.1) is 5.41 Å². The van der Waals surface area contributed by atoms with Crippen LogP contribution >= 0.6 is 0 Å². The van der Waals surface area contributed by atoms with E-state index in [-0.39, 0.29) is 18.6 Å². The van der Waals surface area contributed by atoms with Crippen molar-refractivity contribution in [3.63, 3.8) is 0 Å². The third-order valence-corrected chi connectivity index (χ3v) is 3.32. The highest BCUT2D eigenvalue weighted by molar-refractivity contribution is 5.95. The van der Waals surface area contributed by atoms with Crippen molar-refractivity contribution in [2.75, 3.05) is 0 Å². The van der Waals surface area contributed by atoms with Gasteiger partial charge in [0.2, 0.25) is 0 Å². The zero-order chi connectivity index (χ0) is 14.8. The Balaban J connectivity index is 2.69. The monoisotopic (exact) mass is 271 g/mol. The molecule has 0 aliphatic heterocycles. The Kier molecular flexibility index (Phi) is 4.22. The van der Waals surface area contributed by atoms with Crippen molar-refractivity contribution in [2.45, 2.75) is 58.6 Å². The first-order valence-electron chi connectivity index (χ1n) is 6.35. The number of hydrogen-bond acceptors (Lipinski definition) is 4. The van der Waals surface area contributed by atoms with Gasteiger partial charge in [0.05, 0.1) is 11.5 Å². The van der Waals surface area contributed by atoms with E-state index in [0.717, 1.165) is 0 Å². The van der Waals surface area contributed by atoms with E-state index in [0.29, 0.717) is 6.42 Å². The second-order valence-corrected chi connectivity index (χ2v) is 5.99. The van der Waals surface area contributed by atoms with E-state index in [1.54, 1.807) is 27.7 Å². The summed E-state index contributed by atoms with van der Waals surface area (Å²) >= 11 is 0. The lowest BCUT2D eigenvalue weighted by Gasteiger charge is -2.23. The molecule has 0 radical (unpaired) electrons. The normalized spacial score (nSPS) is 27.2. The highest BCUT2D eigenvalue weighted by atomic mass is 16.6. The van der Waals surface area contributed by atoms with Gasteiger partial charge in [-0.25, -0.2) is 4.79 Å². The van der Waals surface area contributed by atoms with Crippen LogP contribution in [0.15, 0.2) is 0 Å². The number of alkyl carbamates (subject to hydrolysis) is 1. The molecule has 1 fully saturated rings. The molecule has 1 aliphatic rings. The number of Topliss-reactive ketones (excluding diaryl/α,β-unsaturated/α-hetero) is 1. The van der Waals surface area contributed by atoms with Crippen LogP contribution in [0.4, 0.5) is 4.79 Å². The standard InChI is InChI=1S/C13H21NO5/c1-5-13(10(16)17)6-8(9(15)7-13)14-11(18)19-12(2,3)4/h8H,5-7H2,1-4H3,(H,14,18)(H,16,17)/t8-,13?/m1/s1. The fourth-order valence-electron chi connectivity index (χ4n) is 2.20. The molecular weight excluding hydrogens is 250 g/mol. The van der Waals surface area contributed by atoms with Gasteiger partial charge in [-0.15, -0.1) is 0 Å². The fraction of sp³-hybridized carbons (Fsp3) is 0.769. The average molecular weight is 271 g/mol. The van der Waals surface area contributed by atoms with Gasteiger partial charge in [-0.2, -0.15) is 0 Å². The first-order valence-corrected chi connectivity index (χ1v) is 6.35. The minimum Gasteiger partial charge on any atom is -0.481 e. The van der Waals surface area contributed by atoms with E-state index in [2.05, 4.69) is 5.32 Å². The van der Waals surface area contributed by atoms with Gasteiger partial charge in [0.15, 0.2) is 5.78 Å². The second-order valence-electron chi connectivity index (χ2n) is 5.99. The van der Waals surface area contributed by atoms with Crippen molar-refractivity contribution in [3.05, 3.63) is 0 Å². The molecule has 1 amide bonds. The Morgan fingerprint density at radius 2 is 2.05 bits per heavy atom. The summed E-state index contributed by atoms with van der Waals surface area (Å²) in [5.41, 5.74) is -1.71. The minimum atomic E-state index is -1.06. The maximum atomic E-state index is 11.8. The number of carbonyl (C=O) groups is 3. The number of nitrogens with one attached hydrogen (secondary N) is 1. The Hall–Kier alpha value is -1.59. The lowest BCUT2D eigenvalue weighted by molar-refractivity contribution is -0.149. The van der Waals surface area contributed by atoms with Crippen LogP contribution in [0.5, 0.6) is 0 Å². The van der Waals surface area contributed by atoms with Crippen LogP contribution in [0.2, 0.25) is 0 Å². The Morgan fingerprint density at radius 3 is 2.42 bits per heavy atom. The summed E-state index contributed by atoms with van der Waals surface area (Å²) < 4.78 is 5.06. The van der Waals surface area contributed by atoms with Crippen molar-refractivity contribution in [1.82, 2.24) is 5.32 Å². The second kappa shape index (κ2) is 5.19. The molecule has 1 aliphatic carbocycles. The molecule has 2 atom stereocenters. The SMILES string of the molecule is CCC1(C(=O)O)CC(=O)[C@H](NC(=O)OC(C)(C)C)C1. The Morgan fingerprint density at radius 1 is 1.47 bits per heavy atom. The van der Waals surface area contributed by atoms with Crippen LogP contribution in [0.1, 0.15) is 47.0 Å². The Labute approximate surface area is 112 Å². The molecule has 0 spiro atoms. The highest BCUT2D eigenvalue weighted by Crippen LogP contribution is 2.39. The van der Waals surface area contributed by atoms with Gasteiger partial charge < -0.3 is 15.2 Å². The quantitative estimate of drug-likeness (QED) is 0.815. The molecule has 0 aromatic carbocycles. The summed E-state index contributed by atoms with van der Waals surface area (Å²) in [7, 11) is 0. The summed E-state index contributed by atoms with van der Waals surface area (Å²) in [5.74, 6) is -1.24. The van der Waals surface area contributed by atoms with Crippen molar-refractivity contribution < 1.29 is 24.2 Å². The van der Waals surface area contributed by atoms with E-state index in [1.807, 2.05) is 0 Å². The summed E-state index contributed by atoms with van der Waals surface area (Å²) in [4.78, 5) is 34.7. The number of ether oxygens (including phenoxy) is 1. The summed E-state index contributed by atoms with van der Waals surface area (Å²) in [5, 5.41) is 11.7. The van der Waals surface area contributed by atoms with Crippen molar-refractivity contribution in [3.8, 4) is 0 Å². The molecular formula is C13H21NO5. The van der Waals surface area contributed by atoms with Gasteiger partial charge in [-0.1, -0.05) is 6.92 Å². The molecule has 0 heterocycles. The zero-order valence-electron chi connectivity index (χ0n) is 11.8. The number of carboxylic acid groups (broad SMARTS) is 1. The number of carboxylic acids is 1. The van der Waals surface area contributed by atoms with Crippen molar-refractivity contribution in [2.24, 2.45) is 5.41 Å². The molecule has 0 saturated heterocycles. The molecule has 6 nitrogen and oxygen atoms in total. The molecule has 1 unspecified atom stereocenters. The first kappa shape index (κ1) is 15.5. The van der Waals surface area contributed by atoms with E-state index in [9.17, 15) is 19.5 Å². The van der Waals surface area contributed by atoms with Gasteiger partial charge in [0, 0.05) is 6.42 Å².